The highest BCUT2D eigenvalue weighted by Crippen LogP contribution is 2.23. The number of esters is 1. The summed E-state index contributed by atoms with van der Waals surface area (Å²) in [5, 5.41) is 3.39. The van der Waals surface area contributed by atoms with Gasteiger partial charge in [0.1, 0.15) is 18.5 Å². The quantitative estimate of drug-likeness (QED) is 0.269. The van der Waals surface area contributed by atoms with Gasteiger partial charge < -0.3 is 9.47 Å². The zero-order valence-electron chi connectivity index (χ0n) is 19.3. The molecule has 0 amide bonds. The van der Waals surface area contributed by atoms with E-state index < -0.39 is 9.84 Å². The number of ether oxygens (including phenoxy) is 2. The average molecular weight is 487 g/mol. The molecular formula is C29H26O5S. The summed E-state index contributed by atoms with van der Waals surface area (Å²) >= 11 is 0. The van der Waals surface area contributed by atoms with Crippen molar-refractivity contribution in [2.24, 2.45) is 0 Å². The minimum absolute atomic E-state index is 0.108. The molecule has 0 aliphatic rings. The second-order valence-corrected chi connectivity index (χ2v) is 9.93. The molecule has 0 heterocycles. The zero-order valence-corrected chi connectivity index (χ0v) is 20.1. The summed E-state index contributed by atoms with van der Waals surface area (Å²) in [5.41, 5.74) is 1.75. The predicted octanol–water partition coefficient (Wildman–Crippen LogP) is 6.05. The van der Waals surface area contributed by atoms with Crippen molar-refractivity contribution in [1.82, 2.24) is 0 Å². The van der Waals surface area contributed by atoms with E-state index in [2.05, 4.69) is 0 Å². The van der Waals surface area contributed by atoms with E-state index in [-0.39, 0.29) is 30.0 Å². The number of carbonyl (C=O) groups excluding carboxylic acids is 1. The van der Waals surface area contributed by atoms with E-state index in [1.165, 1.54) is 6.08 Å². The van der Waals surface area contributed by atoms with E-state index in [1.807, 2.05) is 49.4 Å². The second kappa shape index (κ2) is 11.0. The fourth-order valence-corrected chi connectivity index (χ4v) is 4.66. The van der Waals surface area contributed by atoms with Crippen molar-refractivity contribution in [3.8, 4) is 5.75 Å². The summed E-state index contributed by atoms with van der Waals surface area (Å²) < 4.78 is 35.7. The minimum atomic E-state index is -3.49. The van der Waals surface area contributed by atoms with E-state index in [0.29, 0.717) is 5.75 Å². The lowest BCUT2D eigenvalue weighted by molar-refractivity contribution is -0.147. The summed E-state index contributed by atoms with van der Waals surface area (Å²) in [6.07, 6.45) is 1.25. The maximum atomic E-state index is 12.4. The molecule has 0 unspecified atom stereocenters. The van der Waals surface area contributed by atoms with Gasteiger partial charge in [0.05, 0.1) is 11.3 Å². The number of rotatable bonds is 9. The molecule has 178 valence electrons. The highest BCUT2D eigenvalue weighted by Gasteiger charge is 2.13. The molecule has 0 N–H and O–H groups in total. The Morgan fingerprint density at radius 3 is 2.29 bits per heavy atom. The van der Waals surface area contributed by atoms with E-state index in [9.17, 15) is 13.2 Å². The maximum Gasteiger partial charge on any atom is 0.310 e. The Morgan fingerprint density at radius 2 is 1.54 bits per heavy atom. The molecule has 0 saturated heterocycles. The first-order valence-electron chi connectivity index (χ1n) is 11.3. The third-order valence-electron chi connectivity index (χ3n) is 5.52. The highest BCUT2D eigenvalue weighted by atomic mass is 32.2. The van der Waals surface area contributed by atoms with Crippen LogP contribution in [0.5, 0.6) is 5.75 Å². The second-order valence-electron chi connectivity index (χ2n) is 8.10. The summed E-state index contributed by atoms with van der Waals surface area (Å²) in [7, 11) is -3.49. The molecule has 0 bridgehead atoms. The Bertz CT molecular complexity index is 1430. The molecule has 0 fully saturated rings. The molecular weight excluding hydrogens is 460 g/mol. The number of hydrogen-bond donors (Lipinski definition) is 0. The summed E-state index contributed by atoms with van der Waals surface area (Å²) in [6, 6.07) is 29.4. The molecule has 0 aliphatic heterocycles. The van der Waals surface area contributed by atoms with Gasteiger partial charge in [0.25, 0.3) is 0 Å². The van der Waals surface area contributed by atoms with Gasteiger partial charge in [-0.2, -0.15) is 0 Å². The van der Waals surface area contributed by atoms with E-state index in [0.717, 1.165) is 27.3 Å². The van der Waals surface area contributed by atoms with E-state index >= 15 is 0 Å². The van der Waals surface area contributed by atoms with Gasteiger partial charge in [-0.25, -0.2) is 8.42 Å². The van der Waals surface area contributed by atoms with Crippen LogP contribution in [0, 0.1) is 0 Å². The van der Waals surface area contributed by atoms with E-state index in [4.69, 9.17) is 9.47 Å². The lowest BCUT2D eigenvalue weighted by Gasteiger charge is -2.14. The molecule has 0 aromatic heterocycles. The lowest BCUT2D eigenvalue weighted by atomic mass is 10.0. The first-order chi connectivity index (χ1) is 16.9. The summed E-state index contributed by atoms with van der Waals surface area (Å²) in [6.45, 7) is 1.97. The zero-order chi connectivity index (χ0) is 24.7. The van der Waals surface area contributed by atoms with Crippen molar-refractivity contribution >= 4 is 26.6 Å². The van der Waals surface area contributed by atoms with Crippen LogP contribution in [-0.2, 0) is 25.8 Å². The van der Waals surface area contributed by atoms with Gasteiger partial charge in [-0.05, 0) is 65.2 Å². The van der Waals surface area contributed by atoms with Gasteiger partial charge in [-0.3, -0.25) is 4.79 Å². The molecule has 35 heavy (non-hydrogen) atoms. The molecule has 4 rings (SSSR count). The summed E-state index contributed by atoms with van der Waals surface area (Å²) in [4.78, 5) is 12.7. The Balaban J connectivity index is 1.27. The smallest absolute Gasteiger partial charge is 0.310 e. The number of hydrogen-bond acceptors (Lipinski definition) is 5. The van der Waals surface area contributed by atoms with Crippen LogP contribution in [0.1, 0.15) is 24.2 Å². The molecule has 4 aromatic carbocycles. The predicted molar refractivity (Wildman–Crippen MR) is 137 cm³/mol. The van der Waals surface area contributed by atoms with Crippen molar-refractivity contribution < 1.29 is 22.7 Å². The van der Waals surface area contributed by atoms with Gasteiger partial charge in [0, 0.05) is 5.41 Å². The van der Waals surface area contributed by atoms with Crippen LogP contribution < -0.4 is 4.74 Å². The van der Waals surface area contributed by atoms with Crippen molar-refractivity contribution in [2.75, 3.05) is 6.61 Å². The lowest BCUT2D eigenvalue weighted by Crippen LogP contribution is -2.11. The number of fused-ring (bicyclic) bond motifs is 1. The average Bonchev–Trinajstić information content (AvgIpc) is 2.87. The van der Waals surface area contributed by atoms with Crippen molar-refractivity contribution in [3.63, 3.8) is 0 Å². The molecule has 0 saturated carbocycles. The normalized spacial score (nSPS) is 12.5. The Kier molecular flexibility index (Phi) is 7.63. The molecule has 5 nitrogen and oxygen atoms in total. The third-order valence-corrected chi connectivity index (χ3v) is 7.00. The monoisotopic (exact) mass is 486 g/mol. The molecule has 0 aliphatic carbocycles. The van der Waals surface area contributed by atoms with Crippen molar-refractivity contribution in [3.05, 3.63) is 120 Å². The van der Waals surface area contributed by atoms with Crippen LogP contribution in [0.4, 0.5) is 0 Å². The Labute approximate surface area is 205 Å². The highest BCUT2D eigenvalue weighted by molar-refractivity contribution is 7.94. The Hall–Kier alpha value is -3.90. The van der Waals surface area contributed by atoms with Crippen LogP contribution >= 0.6 is 0 Å². The SMILES string of the molecule is C[C@H](OC(=O)Cc1ccc(OC/C=C/S(=O)(=O)c2ccccc2)cc1)c1ccc2ccccc2c1. The fourth-order valence-electron chi connectivity index (χ4n) is 3.64. The molecule has 6 heteroatoms. The third kappa shape index (κ3) is 6.58. The number of sulfone groups is 1. The van der Waals surface area contributed by atoms with Crippen molar-refractivity contribution in [1.29, 1.82) is 0 Å². The number of benzene rings is 4. The minimum Gasteiger partial charge on any atom is -0.490 e. The first-order valence-corrected chi connectivity index (χ1v) is 12.8. The van der Waals surface area contributed by atoms with Crippen LogP contribution in [-0.4, -0.2) is 21.0 Å². The maximum absolute atomic E-state index is 12.4. The Morgan fingerprint density at radius 1 is 0.857 bits per heavy atom. The van der Waals surface area contributed by atoms with Crippen LogP contribution in [0.3, 0.4) is 0 Å². The van der Waals surface area contributed by atoms with E-state index in [1.54, 1.807) is 54.6 Å². The molecule has 4 aromatic rings. The molecule has 1 atom stereocenters. The fraction of sp³-hybridized carbons (Fsp3) is 0.138. The molecule has 0 spiro atoms. The van der Waals surface area contributed by atoms with Gasteiger partial charge in [0.2, 0.25) is 0 Å². The van der Waals surface area contributed by atoms with Gasteiger partial charge in [-0.15, -0.1) is 0 Å². The topological polar surface area (TPSA) is 69.7 Å². The summed E-state index contributed by atoms with van der Waals surface area (Å²) in [5.74, 6) is 0.266. The number of carbonyl (C=O) groups is 1. The van der Waals surface area contributed by atoms with Gasteiger partial charge in [0.15, 0.2) is 9.84 Å². The van der Waals surface area contributed by atoms with Crippen molar-refractivity contribution in [2.45, 2.75) is 24.3 Å². The van der Waals surface area contributed by atoms with Crippen LogP contribution in [0.25, 0.3) is 10.8 Å². The van der Waals surface area contributed by atoms with Gasteiger partial charge in [-0.1, -0.05) is 66.7 Å². The first kappa shape index (κ1) is 24.2. The standard InChI is InChI=1S/C29H26O5S/c1-22(25-15-14-24-8-5-6-9-26(24)21-25)34-29(30)20-23-12-16-27(17-13-23)33-18-7-19-35(31,32)28-10-3-2-4-11-28/h2-17,19,21-22H,18,20H2,1H3/b19-7+/t22-/m0/s1. The van der Waals surface area contributed by atoms with Gasteiger partial charge >= 0.3 is 5.97 Å². The van der Waals surface area contributed by atoms with Crippen LogP contribution in [0.15, 0.2) is 113 Å². The van der Waals surface area contributed by atoms with Crippen LogP contribution in [0.2, 0.25) is 0 Å². The largest absolute Gasteiger partial charge is 0.490 e. The molecule has 0 radical (unpaired) electrons.